The second kappa shape index (κ2) is 5.65. The molecule has 1 N–H and O–H groups in total. The van der Waals surface area contributed by atoms with Gasteiger partial charge in [0.2, 0.25) is 5.91 Å². The molecular formula is C13H23N3O. The SMILES string of the molecule is C=CCNCC(=O)N1CC2CCCN2CC1C. The standard InChI is InChI=1S/C13H23N3O/c1-3-6-14-8-13(17)16-10-12-5-4-7-15(12)9-11(16)2/h3,11-12,14H,1,4-10H2,2H3. The summed E-state index contributed by atoms with van der Waals surface area (Å²) in [6, 6.07) is 0.955. The van der Waals surface area contributed by atoms with Gasteiger partial charge in [0, 0.05) is 31.7 Å². The van der Waals surface area contributed by atoms with Gasteiger partial charge in [0.25, 0.3) is 0 Å². The lowest BCUT2D eigenvalue weighted by Crippen LogP contribution is -2.58. The topological polar surface area (TPSA) is 35.6 Å². The summed E-state index contributed by atoms with van der Waals surface area (Å²) >= 11 is 0. The number of amides is 1. The predicted molar refractivity (Wildman–Crippen MR) is 68.8 cm³/mol. The third kappa shape index (κ3) is 2.87. The van der Waals surface area contributed by atoms with E-state index in [2.05, 4.69) is 23.7 Å². The van der Waals surface area contributed by atoms with E-state index in [1.165, 1.54) is 19.4 Å². The summed E-state index contributed by atoms with van der Waals surface area (Å²) in [6.45, 7) is 10.1. The molecule has 2 atom stereocenters. The average molecular weight is 237 g/mol. The van der Waals surface area contributed by atoms with Gasteiger partial charge in [0.1, 0.15) is 0 Å². The lowest BCUT2D eigenvalue weighted by molar-refractivity contribution is -0.135. The number of nitrogens with zero attached hydrogens (tertiary/aromatic N) is 2. The van der Waals surface area contributed by atoms with Gasteiger partial charge in [-0.1, -0.05) is 6.08 Å². The summed E-state index contributed by atoms with van der Waals surface area (Å²) in [5.74, 6) is 0.228. The Labute approximate surface area is 104 Å². The lowest BCUT2D eigenvalue weighted by Gasteiger charge is -2.42. The second-order valence-corrected chi connectivity index (χ2v) is 5.11. The Balaban J connectivity index is 1.86. The molecule has 2 rings (SSSR count). The van der Waals surface area contributed by atoms with Gasteiger partial charge >= 0.3 is 0 Å². The first-order valence-corrected chi connectivity index (χ1v) is 6.57. The highest BCUT2D eigenvalue weighted by molar-refractivity contribution is 5.78. The Hall–Kier alpha value is -0.870. The van der Waals surface area contributed by atoms with Crippen molar-refractivity contribution in [2.75, 3.05) is 32.7 Å². The minimum atomic E-state index is 0.228. The zero-order valence-corrected chi connectivity index (χ0v) is 10.7. The molecular weight excluding hydrogens is 214 g/mol. The van der Waals surface area contributed by atoms with Gasteiger partial charge in [-0.05, 0) is 26.3 Å². The second-order valence-electron chi connectivity index (χ2n) is 5.11. The number of piperazine rings is 1. The van der Waals surface area contributed by atoms with Crippen molar-refractivity contribution in [1.29, 1.82) is 0 Å². The predicted octanol–water partition coefficient (Wildman–Crippen LogP) is 0.457. The molecule has 0 radical (unpaired) electrons. The zero-order chi connectivity index (χ0) is 12.3. The number of fused-ring (bicyclic) bond motifs is 1. The summed E-state index contributed by atoms with van der Waals surface area (Å²) < 4.78 is 0. The van der Waals surface area contributed by atoms with E-state index in [-0.39, 0.29) is 5.91 Å². The van der Waals surface area contributed by atoms with Crippen molar-refractivity contribution in [2.45, 2.75) is 31.8 Å². The van der Waals surface area contributed by atoms with Gasteiger partial charge in [-0.3, -0.25) is 9.69 Å². The molecule has 0 aromatic rings. The zero-order valence-electron chi connectivity index (χ0n) is 10.7. The number of rotatable bonds is 4. The summed E-state index contributed by atoms with van der Waals surface area (Å²) in [7, 11) is 0. The quantitative estimate of drug-likeness (QED) is 0.570. The maximum atomic E-state index is 12.1. The maximum absolute atomic E-state index is 12.1. The fourth-order valence-electron chi connectivity index (χ4n) is 2.92. The van der Waals surface area contributed by atoms with Crippen molar-refractivity contribution in [1.82, 2.24) is 15.1 Å². The molecule has 0 saturated carbocycles. The van der Waals surface area contributed by atoms with Crippen molar-refractivity contribution in [3.05, 3.63) is 12.7 Å². The molecule has 0 aliphatic carbocycles. The highest BCUT2D eigenvalue weighted by atomic mass is 16.2. The molecule has 4 nitrogen and oxygen atoms in total. The van der Waals surface area contributed by atoms with E-state index in [1.807, 2.05) is 4.90 Å². The molecule has 4 heteroatoms. The van der Waals surface area contributed by atoms with Gasteiger partial charge in [0.15, 0.2) is 0 Å². The highest BCUT2D eigenvalue weighted by Crippen LogP contribution is 2.24. The third-order valence-corrected chi connectivity index (χ3v) is 3.82. The minimum absolute atomic E-state index is 0.228. The molecule has 0 spiro atoms. The summed E-state index contributed by atoms with van der Waals surface area (Å²) in [4.78, 5) is 16.7. The van der Waals surface area contributed by atoms with Crippen LogP contribution >= 0.6 is 0 Å². The van der Waals surface area contributed by atoms with Crippen LogP contribution in [-0.4, -0.2) is 60.5 Å². The average Bonchev–Trinajstić information content (AvgIpc) is 2.75. The third-order valence-electron chi connectivity index (χ3n) is 3.82. The summed E-state index contributed by atoms with van der Waals surface area (Å²) in [6.07, 6.45) is 4.32. The van der Waals surface area contributed by atoms with Crippen molar-refractivity contribution < 1.29 is 4.79 Å². The van der Waals surface area contributed by atoms with Crippen LogP contribution in [0.5, 0.6) is 0 Å². The van der Waals surface area contributed by atoms with Crippen molar-refractivity contribution >= 4 is 5.91 Å². The van der Waals surface area contributed by atoms with E-state index in [0.717, 1.165) is 13.1 Å². The number of hydrogen-bond donors (Lipinski definition) is 1. The van der Waals surface area contributed by atoms with Crippen LogP contribution in [-0.2, 0) is 4.79 Å². The Morgan fingerprint density at radius 1 is 1.53 bits per heavy atom. The van der Waals surface area contributed by atoms with Crippen molar-refractivity contribution in [2.24, 2.45) is 0 Å². The van der Waals surface area contributed by atoms with E-state index in [4.69, 9.17) is 0 Å². The molecule has 0 bridgehead atoms. The largest absolute Gasteiger partial charge is 0.336 e. The van der Waals surface area contributed by atoms with E-state index in [1.54, 1.807) is 6.08 Å². The molecule has 2 fully saturated rings. The van der Waals surface area contributed by atoms with Gasteiger partial charge in [-0.25, -0.2) is 0 Å². The fraction of sp³-hybridized carbons (Fsp3) is 0.769. The van der Waals surface area contributed by atoms with Crippen LogP contribution in [0.25, 0.3) is 0 Å². The first-order chi connectivity index (χ1) is 8.22. The monoisotopic (exact) mass is 237 g/mol. The van der Waals surface area contributed by atoms with Crippen LogP contribution in [0.3, 0.4) is 0 Å². The van der Waals surface area contributed by atoms with Gasteiger partial charge in [0.05, 0.1) is 6.54 Å². The number of carbonyl (C=O) groups is 1. The molecule has 0 aromatic heterocycles. The van der Waals surface area contributed by atoms with Crippen molar-refractivity contribution in [3.8, 4) is 0 Å². The Kier molecular flexibility index (Phi) is 4.18. The van der Waals surface area contributed by atoms with E-state index in [0.29, 0.717) is 25.2 Å². The van der Waals surface area contributed by atoms with Crippen LogP contribution < -0.4 is 5.32 Å². The molecule has 1 amide bonds. The Bertz CT molecular complexity index is 292. The highest BCUT2D eigenvalue weighted by Gasteiger charge is 2.35. The summed E-state index contributed by atoms with van der Waals surface area (Å²) in [5, 5.41) is 3.09. The van der Waals surface area contributed by atoms with Gasteiger partial charge < -0.3 is 10.2 Å². The first kappa shape index (κ1) is 12.6. The molecule has 96 valence electrons. The van der Waals surface area contributed by atoms with Crippen LogP contribution in [0.1, 0.15) is 19.8 Å². The molecule has 2 aliphatic heterocycles. The normalized spacial score (nSPS) is 29.1. The van der Waals surface area contributed by atoms with E-state index >= 15 is 0 Å². The molecule has 17 heavy (non-hydrogen) atoms. The van der Waals surface area contributed by atoms with Crippen LogP contribution in [0.2, 0.25) is 0 Å². The Morgan fingerprint density at radius 2 is 2.35 bits per heavy atom. The Morgan fingerprint density at radius 3 is 3.12 bits per heavy atom. The smallest absolute Gasteiger partial charge is 0.236 e. The van der Waals surface area contributed by atoms with Gasteiger partial charge in [-0.2, -0.15) is 0 Å². The fourth-order valence-corrected chi connectivity index (χ4v) is 2.92. The van der Waals surface area contributed by atoms with Crippen molar-refractivity contribution in [3.63, 3.8) is 0 Å². The summed E-state index contributed by atoms with van der Waals surface area (Å²) in [5.41, 5.74) is 0. The molecule has 2 heterocycles. The minimum Gasteiger partial charge on any atom is -0.336 e. The van der Waals surface area contributed by atoms with Crippen LogP contribution in [0.4, 0.5) is 0 Å². The molecule has 2 aliphatic rings. The number of hydrogen-bond acceptors (Lipinski definition) is 3. The van der Waals surface area contributed by atoms with E-state index < -0.39 is 0 Å². The van der Waals surface area contributed by atoms with Crippen LogP contribution in [0.15, 0.2) is 12.7 Å². The number of carbonyl (C=O) groups excluding carboxylic acids is 1. The van der Waals surface area contributed by atoms with E-state index in [9.17, 15) is 4.79 Å². The molecule has 0 aromatic carbocycles. The molecule has 2 unspecified atom stereocenters. The lowest BCUT2D eigenvalue weighted by atomic mass is 10.1. The molecule has 2 saturated heterocycles. The number of nitrogens with one attached hydrogen (secondary N) is 1. The van der Waals surface area contributed by atoms with Crippen LogP contribution in [0, 0.1) is 0 Å². The van der Waals surface area contributed by atoms with Gasteiger partial charge in [-0.15, -0.1) is 6.58 Å². The maximum Gasteiger partial charge on any atom is 0.236 e. The first-order valence-electron chi connectivity index (χ1n) is 6.57.